The number of carbonyl (C=O) groups is 5. The summed E-state index contributed by atoms with van der Waals surface area (Å²) >= 11 is 0. The zero-order valence-electron chi connectivity index (χ0n) is 32.8. The molecule has 2 fully saturated rings. The largest absolute Gasteiger partial charge is 0.346 e. The first kappa shape index (κ1) is 42.5. The monoisotopic (exact) mass is 767 g/mol. The molecule has 54 heavy (non-hydrogen) atoms. The molecule has 0 radical (unpaired) electrons. The fourth-order valence-corrected chi connectivity index (χ4v) is 8.77. The minimum absolute atomic E-state index is 0.00246. The van der Waals surface area contributed by atoms with Crippen LogP contribution in [0.1, 0.15) is 58.6 Å². The van der Waals surface area contributed by atoms with E-state index in [0.29, 0.717) is 12.8 Å². The SMILES string of the molecule is C#CCCC(NC(=O)[C@@H]1[C@@H]2[C@H](CN1C(=O)[C@@H](NC(=O)N[C@H](CN(C)S(=O)(=O)N(C)C)C(C)(C)C)C1Cc3ccccc3C1)C2(C)C)C(=O)C(=O)NCC=C. The van der Waals surface area contributed by atoms with E-state index in [4.69, 9.17) is 6.42 Å². The topological polar surface area (TPSA) is 177 Å². The van der Waals surface area contributed by atoms with Crippen molar-refractivity contribution in [2.24, 2.45) is 28.6 Å². The van der Waals surface area contributed by atoms with E-state index in [9.17, 15) is 32.4 Å². The third-order valence-electron chi connectivity index (χ3n) is 11.4. The van der Waals surface area contributed by atoms with E-state index < -0.39 is 69.3 Å². The lowest BCUT2D eigenvalue weighted by atomic mass is 9.86. The number of nitrogens with one attached hydrogen (secondary N) is 4. The molecule has 6 atom stereocenters. The number of likely N-dealkylation sites (N-methyl/N-ethyl adjacent to an activating group) is 1. The van der Waals surface area contributed by atoms with Gasteiger partial charge in [0.1, 0.15) is 12.1 Å². The number of amides is 5. The zero-order valence-corrected chi connectivity index (χ0v) is 33.6. The molecule has 1 aromatic carbocycles. The summed E-state index contributed by atoms with van der Waals surface area (Å²) in [7, 11) is 0.534. The summed E-state index contributed by atoms with van der Waals surface area (Å²) in [5.74, 6) is -0.812. The van der Waals surface area contributed by atoms with Crippen LogP contribution in [0.15, 0.2) is 36.9 Å². The first-order chi connectivity index (χ1) is 25.2. The van der Waals surface area contributed by atoms with Crippen LogP contribution in [0.5, 0.6) is 0 Å². The van der Waals surface area contributed by atoms with Gasteiger partial charge in [-0.1, -0.05) is 65.0 Å². The number of Topliss-reactive ketones (excluding diaryl/α,β-unsaturated/α-hetero) is 1. The zero-order chi connectivity index (χ0) is 40.3. The van der Waals surface area contributed by atoms with Gasteiger partial charge in [0.05, 0.1) is 6.04 Å². The molecular weight excluding hydrogens is 711 g/mol. The van der Waals surface area contributed by atoms with Crippen LogP contribution in [-0.2, 0) is 42.2 Å². The normalized spacial score (nSPS) is 21.9. The number of ketones is 1. The molecule has 1 heterocycles. The van der Waals surface area contributed by atoms with Gasteiger partial charge in [-0.3, -0.25) is 19.2 Å². The lowest BCUT2D eigenvalue weighted by Gasteiger charge is -2.37. The van der Waals surface area contributed by atoms with Gasteiger partial charge in [-0.15, -0.1) is 18.9 Å². The van der Waals surface area contributed by atoms with Gasteiger partial charge < -0.3 is 26.2 Å². The van der Waals surface area contributed by atoms with Crippen molar-refractivity contribution >= 4 is 39.7 Å². The van der Waals surface area contributed by atoms with E-state index >= 15 is 0 Å². The Morgan fingerprint density at radius 3 is 2.20 bits per heavy atom. The van der Waals surface area contributed by atoms with Gasteiger partial charge in [-0.25, -0.2) is 4.79 Å². The Bertz CT molecular complexity index is 1760. The average Bonchev–Trinajstić information content (AvgIpc) is 3.46. The highest BCUT2D eigenvalue weighted by atomic mass is 32.2. The highest BCUT2D eigenvalue weighted by Gasteiger charge is 2.70. The highest BCUT2D eigenvalue weighted by molar-refractivity contribution is 7.86. The van der Waals surface area contributed by atoms with E-state index in [2.05, 4.69) is 33.8 Å². The van der Waals surface area contributed by atoms with Crippen molar-refractivity contribution in [3.05, 3.63) is 48.0 Å². The molecule has 1 saturated heterocycles. The van der Waals surface area contributed by atoms with Crippen LogP contribution in [0.3, 0.4) is 0 Å². The number of likely N-dealkylation sites (tertiary alicyclic amines) is 1. The molecule has 1 saturated carbocycles. The number of piperidine rings is 1. The summed E-state index contributed by atoms with van der Waals surface area (Å²) in [6.45, 7) is 13.6. The van der Waals surface area contributed by atoms with Gasteiger partial charge in [0.2, 0.25) is 17.6 Å². The molecule has 14 nitrogen and oxygen atoms in total. The van der Waals surface area contributed by atoms with Crippen molar-refractivity contribution in [3.63, 3.8) is 0 Å². The molecule has 0 bridgehead atoms. The summed E-state index contributed by atoms with van der Waals surface area (Å²) in [5.41, 5.74) is 1.29. The van der Waals surface area contributed by atoms with E-state index in [-0.39, 0.29) is 55.6 Å². The molecule has 2 aliphatic carbocycles. The molecule has 0 spiro atoms. The van der Waals surface area contributed by atoms with Crippen LogP contribution >= 0.6 is 0 Å². The summed E-state index contributed by atoms with van der Waals surface area (Å²) in [6, 6.07) is 3.35. The van der Waals surface area contributed by atoms with Crippen molar-refractivity contribution in [1.29, 1.82) is 0 Å². The Kier molecular flexibility index (Phi) is 13.1. The summed E-state index contributed by atoms with van der Waals surface area (Å²) in [4.78, 5) is 70.3. The number of urea groups is 1. The summed E-state index contributed by atoms with van der Waals surface area (Å²) in [6.07, 6.45) is 8.11. The van der Waals surface area contributed by atoms with E-state index in [0.717, 1.165) is 15.4 Å². The molecule has 0 aromatic heterocycles. The second kappa shape index (κ2) is 16.6. The van der Waals surface area contributed by atoms with Crippen LogP contribution in [-0.4, -0.2) is 116 Å². The predicted molar refractivity (Wildman–Crippen MR) is 206 cm³/mol. The maximum atomic E-state index is 14.8. The Balaban J connectivity index is 1.62. The molecule has 1 unspecified atom stereocenters. The molecular formula is C39H57N7O7S. The molecule has 4 N–H and O–H groups in total. The fraction of sp³-hybridized carbons (Fsp3) is 0.615. The second-order valence-corrected chi connectivity index (χ2v) is 18.8. The van der Waals surface area contributed by atoms with Gasteiger partial charge in [0, 0.05) is 53.2 Å². The first-order valence-electron chi connectivity index (χ1n) is 18.4. The maximum Gasteiger partial charge on any atom is 0.315 e. The Labute approximate surface area is 320 Å². The van der Waals surface area contributed by atoms with Crippen LogP contribution in [0.25, 0.3) is 0 Å². The average molecular weight is 768 g/mol. The van der Waals surface area contributed by atoms with E-state index in [1.807, 2.05) is 58.9 Å². The van der Waals surface area contributed by atoms with Crippen molar-refractivity contribution in [2.75, 3.05) is 40.8 Å². The number of carbonyl (C=O) groups excluding carboxylic acids is 5. The Morgan fingerprint density at radius 2 is 1.67 bits per heavy atom. The molecule has 3 aliphatic rings. The van der Waals surface area contributed by atoms with Gasteiger partial charge >= 0.3 is 6.03 Å². The number of hydrogen-bond acceptors (Lipinski definition) is 7. The van der Waals surface area contributed by atoms with Crippen LogP contribution in [0.2, 0.25) is 0 Å². The number of terminal acetylenes is 1. The third-order valence-corrected chi connectivity index (χ3v) is 13.2. The van der Waals surface area contributed by atoms with Crippen molar-refractivity contribution in [1.82, 2.24) is 34.8 Å². The minimum atomic E-state index is -3.77. The predicted octanol–water partition coefficient (Wildman–Crippen LogP) is 1.47. The van der Waals surface area contributed by atoms with Gasteiger partial charge in [0.15, 0.2) is 0 Å². The number of benzene rings is 1. The number of hydrogen-bond donors (Lipinski definition) is 4. The molecule has 5 amide bonds. The Morgan fingerprint density at radius 1 is 1.06 bits per heavy atom. The van der Waals surface area contributed by atoms with Crippen LogP contribution in [0.4, 0.5) is 4.79 Å². The number of nitrogens with zero attached hydrogens (tertiary/aromatic N) is 3. The summed E-state index contributed by atoms with van der Waals surface area (Å²) in [5, 5.41) is 11.1. The first-order valence-corrected chi connectivity index (χ1v) is 19.8. The maximum absolute atomic E-state index is 14.8. The van der Waals surface area contributed by atoms with Crippen molar-refractivity contribution < 1.29 is 32.4 Å². The van der Waals surface area contributed by atoms with Gasteiger partial charge in [-0.05, 0) is 59.0 Å². The Hall–Kier alpha value is -4.26. The molecule has 4 rings (SSSR count). The second-order valence-electron chi connectivity index (χ2n) is 16.6. The third kappa shape index (κ3) is 9.15. The number of fused-ring (bicyclic) bond motifs is 2. The quantitative estimate of drug-likeness (QED) is 0.112. The van der Waals surface area contributed by atoms with Gasteiger partial charge in [0.25, 0.3) is 16.1 Å². The smallest absolute Gasteiger partial charge is 0.315 e. The van der Waals surface area contributed by atoms with Gasteiger partial charge in [-0.2, -0.15) is 17.0 Å². The fourth-order valence-electron chi connectivity index (χ4n) is 7.87. The summed E-state index contributed by atoms with van der Waals surface area (Å²) < 4.78 is 28.0. The van der Waals surface area contributed by atoms with E-state index in [1.54, 1.807) is 0 Å². The highest BCUT2D eigenvalue weighted by Crippen LogP contribution is 2.65. The number of rotatable bonds is 16. The van der Waals surface area contributed by atoms with E-state index in [1.165, 1.54) is 36.4 Å². The minimum Gasteiger partial charge on any atom is -0.346 e. The molecule has 1 aromatic rings. The van der Waals surface area contributed by atoms with Crippen molar-refractivity contribution in [3.8, 4) is 12.3 Å². The van der Waals surface area contributed by atoms with Crippen molar-refractivity contribution in [2.45, 2.75) is 84.5 Å². The lowest BCUT2D eigenvalue weighted by Crippen LogP contribution is -2.62. The van der Waals surface area contributed by atoms with Crippen LogP contribution < -0.4 is 21.3 Å². The standard InChI is InChI=1S/C39H57N7O7S/c1-11-13-18-28(33(47)35(49)40-19-12-2)41-34(48)32-30-27(39(30,6)7)22-46(32)36(50)31(26-20-24-16-14-15-17-25(24)21-26)43-37(51)42-29(38(3,4)5)23-45(10)54(52,53)44(8)9/h1,12,14-17,26-32H,2,13,18-23H2,3-10H3,(H,40,49)(H,41,48)(H2,42,43,51)/t27-,28?,29+,30-,31-,32-/m0/s1. The molecule has 15 heteroatoms. The molecule has 1 aliphatic heterocycles. The lowest BCUT2D eigenvalue weighted by molar-refractivity contribution is -0.144. The molecule has 296 valence electrons. The van der Waals surface area contributed by atoms with Crippen LogP contribution in [0, 0.1) is 40.9 Å².